The molecular weight excluding hydrogens is 1040 g/mol. The molecule has 0 radical (unpaired) electrons. The number of aliphatic carboxylic acids is 1. The van der Waals surface area contributed by atoms with E-state index < -0.39 is 67.3 Å². The van der Waals surface area contributed by atoms with Crippen molar-refractivity contribution in [3.05, 3.63) is 85.1 Å². The van der Waals surface area contributed by atoms with Crippen LogP contribution in [0.3, 0.4) is 0 Å². The van der Waals surface area contributed by atoms with E-state index in [1.807, 2.05) is 12.2 Å². The summed E-state index contributed by atoms with van der Waals surface area (Å²) in [4.78, 5) is 51.4. The molecule has 476 valence electrons. The van der Waals surface area contributed by atoms with Gasteiger partial charge in [-0.1, -0.05) is 273 Å². The number of hydrogen-bond donors (Lipinski definition) is 3. The number of aliphatic hydroxyl groups is 2. The summed E-state index contributed by atoms with van der Waals surface area (Å²) in [6.45, 7) is 5.85. The molecule has 1 aliphatic rings. The largest absolute Gasteiger partial charge is 0.479 e. The van der Waals surface area contributed by atoms with Gasteiger partial charge in [0.15, 0.2) is 24.6 Å². The van der Waals surface area contributed by atoms with Crippen LogP contribution in [0.1, 0.15) is 290 Å². The lowest BCUT2D eigenvalue weighted by Crippen LogP contribution is -2.61. The highest BCUT2D eigenvalue weighted by Crippen LogP contribution is 2.27. The summed E-state index contributed by atoms with van der Waals surface area (Å²) in [7, 11) is 0. The van der Waals surface area contributed by atoms with Gasteiger partial charge < -0.3 is 39.0 Å². The van der Waals surface area contributed by atoms with E-state index in [-0.39, 0.29) is 25.9 Å². The average molecular weight is 1170 g/mol. The summed E-state index contributed by atoms with van der Waals surface area (Å²) in [5.74, 6) is -3.22. The van der Waals surface area contributed by atoms with E-state index in [4.69, 9.17) is 23.7 Å². The van der Waals surface area contributed by atoms with E-state index in [2.05, 4.69) is 93.7 Å². The molecule has 83 heavy (non-hydrogen) atoms. The summed E-state index contributed by atoms with van der Waals surface area (Å²) >= 11 is 0. The van der Waals surface area contributed by atoms with Crippen LogP contribution in [0.25, 0.3) is 0 Å². The van der Waals surface area contributed by atoms with E-state index in [1.54, 1.807) is 0 Å². The van der Waals surface area contributed by atoms with Gasteiger partial charge in [0, 0.05) is 19.3 Å². The predicted molar refractivity (Wildman–Crippen MR) is 340 cm³/mol. The number of unbranched alkanes of at least 4 members (excludes halogenated alkanes) is 29. The van der Waals surface area contributed by atoms with Crippen LogP contribution in [0, 0.1) is 0 Å². The van der Waals surface area contributed by atoms with Gasteiger partial charge in [0.25, 0.3) is 0 Å². The van der Waals surface area contributed by atoms with Crippen LogP contribution >= 0.6 is 0 Å². The topological polar surface area (TPSA) is 175 Å². The molecular formula is C71H120O12. The SMILES string of the molecule is CC/C=C\C/C=C\C/C=C\C/C=C\C/C=C\C/C=C\CCC(=O)OCC(COC1OC(C(=O)O)C(O)C(O)C1OC(=O)CCCCCCCCCCCCCCCCCCC)OC(=O)CCCCCCCCC/C=C\CCCCCCCC. The van der Waals surface area contributed by atoms with E-state index >= 15 is 0 Å². The third-order valence-corrected chi connectivity index (χ3v) is 15.0. The Labute approximate surface area is 505 Å². The molecule has 0 aliphatic carbocycles. The standard InChI is InChI=1S/C71H120O12/c1-4-7-10-13-16-19-22-25-28-31-32-35-36-39-42-45-48-51-54-57-63(72)79-60-62(81-64(73)58-55-52-49-46-43-40-37-33-29-26-23-20-17-14-11-8-5-2)61-80-71-69(67(76)66(75)68(83-71)70(77)78)82-65(74)59-56-53-50-47-44-41-38-34-30-27-24-21-18-15-12-9-6-3/h7,10,16,19,25-26,28-29,32,35,39,42,48,51,62,66-69,71,75-76H,4-6,8-9,11-15,17-18,20-24,27,30-31,33-34,36-38,40-41,43-47,49-50,52-61H2,1-3H3,(H,77,78)/b10-7-,19-16-,28-25-,29-26-,35-32-,42-39-,51-48-. The smallest absolute Gasteiger partial charge is 0.335 e. The molecule has 0 aromatic rings. The Morgan fingerprint density at radius 3 is 1.20 bits per heavy atom. The fraction of sp³-hybridized carbons (Fsp3) is 0.746. The van der Waals surface area contributed by atoms with E-state index in [0.29, 0.717) is 19.3 Å². The van der Waals surface area contributed by atoms with Crippen LogP contribution in [-0.2, 0) is 42.9 Å². The molecule has 12 nitrogen and oxygen atoms in total. The molecule has 3 N–H and O–H groups in total. The van der Waals surface area contributed by atoms with Gasteiger partial charge in [-0.3, -0.25) is 14.4 Å². The molecule has 1 fully saturated rings. The number of rotatable bonds is 57. The fourth-order valence-corrected chi connectivity index (χ4v) is 9.86. The zero-order valence-corrected chi connectivity index (χ0v) is 52.7. The van der Waals surface area contributed by atoms with Crippen molar-refractivity contribution in [2.75, 3.05) is 13.2 Å². The molecule has 0 saturated carbocycles. The predicted octanol–water partition coefficient (Wildman–Crippen LogP) is 18.2. The molecule has 6 unspecified atom stereocenters. The first-order valence-electron chi connectivity index (χ1n) is 33.6. The fourth-order valence-electron chi connectivity index (χ4n) is 9.86. The monoisotopic (exact) mass is 1160 g/mol. The third-order valence-electron chi connectivity index (χ3n) is 15.0. The van der Waals surface area contributed by atoms with Crippen molar-refractivity contribution >= 4 is 23.9 Å². The van der Waals surface area contributed by atoms with Crippen LogP contribution < -0.4 is 0 Å². The van der Waals surface area contributed by atoms with Crippen molar-refractivity contribution < 1.29 is 58.2 Å². The average Bonchev–Trinajstić information content (AvgIpc) is 3.59. The molecule has 12 heteroatoms. The summed E-state index contributed by atoms with van der Waals surface area (Å²) in [5, 5.41) is 31.6. The van der Waals surface area contributed by atoms with Crippen LogP contribution in [0.5, 0.6) is 0 Å². The minimum absolute atomic E-state index is 0.0543. The maximum atomic E-state index is 13.2. The first kappa shape index (κ1) is 76.9. The number of allylic oxidation sites excluding steroid dienone is 14. The number of carboxylic acid groups (broad SMARTS) is 1. The number of hydrogen-bond acceptors (Lipinski definition) is 11. The van der Waals surface area contributed by atoms with Crippen molar-refractivity contribution in [2.24, 2.45) is 0 Å². The Morgan fingerprint density at radius 1 is 0.410 bits per heavy atom. The first-order valence-corrected chi connectivity index (χ1v) is 33.6. The molecule has 0 aromatic carbocycles. The normalized spacial score (nSPS) is 18.1. The van der Waals surface area contributed by atoms with E-state index in [9.17, 15) is 34.5 Å². The van der Waals surface area contributed by atoms with Crippen molar-refractivity contribution in [1.82, 2.24) is 0 Å². The third kappa shape index (κ3) is 47.8. The molecule has 1 saturated heterocycles. The Hall–Kier alpha value is -4.10. The van der Waals surface area contributed by atoms with Gasteiger partial charge in [0.2, 0.25) is 0 Å². The second-order valence-corrected chi connectivity index (χ2v) is 22.7. The van der Waals surface area contributed by atoms with Gasteiger partial charge in [0.05, 0.1) is 6.61 Å². The van der Waals surface area contributed by atoms with Crippen LogP contribution in [0.15, 0.2) is 85.1 Å². The first-order chi connectivity index (χ1) is 40.6. The summed E-state index contributed by atoms with van der Waals surface area (Å²) in [5.41, 5.74) is 0. The summed E-state index contributed by atoms with van der Waals surface area (Å²) in [6.07, 6.45) is 64.1. The Balaban J connectivity index is 2.70. The zero-order chi connectivity index (χ0) is 60.3. The minimum atomic E-state index is -1.91. The molecule has 1 heterocycles. The Kier molecular flexibility index (Phi) is 54.0. The molecule has 1 aliphatic heterocycles. The Morgan fingerprint density at radius 2 is 0.783 bits per heavy atom. The zero-order valence-electron chi connectivity index (χ0n) is 52.7. The lowest BCUT2D eigenvalue weighted by atomic mass is 9.98. The highest BCUT2D eigenvalue weighted by atomic mass is 16.7. The van der Waals surface area contributed by atoms with Gasteiger partial charge >= 0.3 is 23.9 Å². The van der Waals surface area contributed by atoms with Gasteiger partial charge in [0.1, 0.15) is 18.8 Å². The highest BCUT2D eigenvalue weighted by Gasteiger charge is 2.50. The number of carbonyl (C=O) groups is 4. The van der Waals surface area contributed by atoms with Gasteiger partial charge in [-0.05, 0) is 83.5 Å². The Bertz CT molecular complexity index is 1760. The second-order valence-electron chi connectivity index (χ2n) is 22.7. The van der Waals surface area contributed by atoms with E-state index in [0.717, 1.165) is 96.3 Å². The molecule has 0 bridgehead atoms. The van der Waals surface area contributed by atoms with Crippen molar-refractivity contribution in [2.45, 2.75) is 327 Å². The molecule has 6 atom stereocenters. The molecule has 1 rings (SSSR count). The van der Waals surface area contributed by atoms with E-state index in [1.165, 1.54) is 135 Å². The van der Waals surface area contributed by atoms with Crippen molar-refractivity contribution in [3.63, 3.8) is 0 Å². The number of ether oxygens (including phenoxy) is 5. The number of carboxylic acids is 1. The van der Waals surface area contributed by atoms with Gasteiger partial charge in [-0.15, -0.1) is 0 Å². The molecule has 0 spiro atoms. The molecule has 0 aromatic heterocycles. The van der Waals surface area contributed by atoms with Crippen LogP contribution in [0.2, 0.25) is 0 Å². The lowest BCUT2D eigenvalue weighted by Gasteiger charge is -2.40. The minimum Gasteiger partial charge on any atom is -0.479 e. The van der Waals surface area contributed by atoms with Gasteiger partial charge in [-0.2, -0.15) is 0 Å². The van der Waals surface area contributed by atoms with Crippen LogP contribution in [0.4, 0.5) is 0 Å². The lowest BCUT2D eigenvalue weighted by molar-refractivity contribution is -0.301. The second kappa shape index (κ2) is 58.3. The van der Waals surface area contributed by atoms with Crippen molar-refractivity contribution in [3.8, 4) is 0 Å². The maximum Gasteiger partial charge on any atom is 0.335 e. The number of esters is 3. The summed E-state index contributed by atoms with van der Waals surface area (Å²) in [6, 6.07) is 0. The number of aliphatic hydroxyl groups excluding tert-OH is 2. The van der Waals surface area contributed by atoms with Gasteiger partial charge in [-0.25, -0.2) is 4.79 Å². The quantitative estimate of drug-likeness (QED) is 0.0228. The number of carbonyl (C=O) groups excluding carboxylic acids is 3. The van der Waals surface area contributed by atoms with Crippen LogP contribution in [-0.4, -0.2) is 89.2 Å². The van der Waals surface area contributed by atoms with Crippen molar-refractivity contribution in [1.29, 1.82) is 0 Å². The highest BCUT2D eigenvalue weighted by molar-refractivity contribution is 5.74. The molecule has 0 amide bonds. The maximum absolute atomic E-state index is 13.2. The summed E-state index contributed by atoms with van der Waals surface area (Å²) < 4.78 is 28.5.